The summed E-state index contributed by atoms with van der Waals surface area (Å²) >= 11 is 0. The molecule has 12 heteroatoms. The number of aromatic nitrogens is 4. The van der Waals surface area contributed by atoms with Gasteiger partial charge in [-0.2, -0.15) is 0 Å². The molecule has 252 valence electrons. The highest BCUT2D eigenvalue weighted by Gasteiger charge is 2.54. The van der Waals surface area contributed by atoms with E-state index in [9.17, 15) is 9.18 Å². The Morgan fingerprint density at radius 3 is 2.64 bits per heavy atom. The van der Waals surface area contributed by atoms with Gasteiger partial charge in [-0.15, -0.1) is 10.2 Å². The van der Waals surface area contributed by atoms with Crippen molar-refractivity contribution < 1.29 is 18.7 Å². The van der Waals surface area contributed by atoms with Gasteiger partial charge < -0.3 is 24.6 Å². The number of rotatable bonds is 10. The van der Waals surface area contributed by atoms with Crippen molar-refractivity contribution in [3.05, 3.63) is 59.4 Å². The minimum Gasteiger partial charge on any atom is -0.490 e. The van der Waals surface area contributed by atoms with E-state index < -0.39 is 5.82 Å². The number of carbonyl (C=O) groups is 1. The summed E-state index contributed by atoms with van der Waals surface area (Å²) in [5, 5.41) is 11.5. The van der Waals surface area contributed by atoms with Gasteiger partial charge in [-0.1, -0.05) is 13.8 Å². The third-order valence-corrected chi connectivity index (χ3v) is 9.67. The summed E-state index contributed by atoms with van der Waals surface area (Å²) < 4.78 is 27.0. The number of pyridine rings is 1. The summed E-state index contributed by atoms with van der Waals surface area (Å²) in [4.78, 5) is 28.8. The number of benzene rings is 1. The summed E-state index contributed by atoms with van der Waals surface area (Å²) in [7, 11) is 0. The van der Waals surface area contributed by atoms with E-state index in [0.29, 0.717) is 12.4 Å². The average Bonchev–Trinajstić information content (AvgIpc) is 3.02. The number of halogens is 1. The lowest BCUT2D eigenvalue weighted by Crippen LogP contribution is -2.65. The lowest BCUT2D eigenvalue weighted by molar-refractivity contribution is -0.0353. The van der Waals surface area contributed by atoms with E-state index in [-0.39, 0.29) is 40.7 Å². The zero-order valence-corrected chi connectivity index (χ0v) is 28.2. The Kier molecular flexibility index (Phi) is 9.88. The van der Waals surface area contributed by atoms with Crippen LogP contribution in [0.3, 0.4) is 0 Å². The van der Waals surface area contributed by atoms with Gasteiger partial charge in [0.05, 0.1) is 5.56 Å². The van der Waals surface area contributed by atoms with Gasteiger partial charge in [-0.25, -0.2) is 9.37 Å². The first-order valence-electron chi connectivity index (χ1n) is 17.1. The standard InChI is InChI=1S/C33H41FN8O3.C2H6/c1-4-42(21(2)3)32(43)25-11-23(34)5-6-28(25)45-31-30(37-20-38-39-31)41-18-33(19-41)12-24(13-33)44-29-7-9-36-27-8-10-40(17-26(27)29)16-22-14-35-15-22;1-2/h5-7,9,11,20-22,24,35H,4,8,10,12-19H2,1-3H3;1-2H3. The van der Waals surface area contributed by atoms with Crippen LogP contribution in [0.4, 0.5) is 10.2 Å². The third-order valence-electron chi connectivity index (χ3n) is 9.67. The minimum atomic E-state index is -0.509. The van der Waals surface area contributed by atoms with Crippen LogP contribution in [-0.4, -0.2) is 93.8 Å². The van der Waals surface area contributed by atoms with Crippen molar-refractivity contribution in [2.45, 2.75) is 72.6 Å². The second-order valence-electron chi connectivity index (χ2n) is 13.3. The van der Waals surface area contributed by atoms with Crippen LogP contribution in [0.15, 0.2) is 36.8 Å². The molecular weight excluding hydrogens is 599 g/mol. The molecule has 2 aromatic heterocycles. The molecule has 3 aliphatic heterocycles. The van der Waals surface area contributed by atoms with Crippen molar-refractivity contribution in [2.24, 2.45) is 11.3 Å². The van der Waals surface area contributed by atoms with Gasteiger partial charge in [0, 0.05) is 87.7 Å². The van der Waals surface area contributed by atoms with E-state index in [2.05, 4.69) is 35.3 Å². The maximum Gasteiger partial charge on any atom is 0.282 e. The van der Waals surface area contributed by atoms with Crippen LogP contribution in [-0.2, 0) is 13.0 Å². The molecule has 1 N–H and O–H groups in total. The molecule has 0 radical (unpaired) electrons. The lowest BCUT2D eigenvalue weighted by atomic mass is 9.61. The molecule has 1 spiro atoms. The smallest absolute Gasteiger partial charge is 0.282 e. The van der Waals surface area contributed by atoms with Gasteiger partial charge >= 0.3 is 0 Å². The Morgan fingerprint density at radius 2 is 1.94 bits per heavy atom. The molecule has 0 bridgehead atoms. The van der Waals surface area contributed by atoms with Crippen LogP contribution in [0, 0.1) is 17.2 Å². The predicted octanol–water partition coefficient (Wildman–Crippen LogP) is 4.72. The molecule has 3 aromatic rings. The van der Waals surface area contributed by atoms with Crippen LogP contribution in [0.5, 0.6) is 17.4 Å². The molecule has 1 aliphatic carbocycles. The van der Waals surface area contributed by atoms with Gasteiger partial charge in [-0.05, 0) is 63.8 Å². The van der Waals surface area contributed by atoms with Crippen molar-refractivity contribution in [3.8, 4) is 17.4 Å². The first-order valence-corrected chi connectivity index (χ1v) is 17.1. The molecular formula is C35H47FN8O3. The fourth-order valence-electron chi connectivity index (χ4n) is 7.22. The average molecular weight is 647 g/mol. The monoisotopic (exact) mass is 646 g/mol. The number of nitrogens with one attached hydrogen (secondary N) is 1. The largest absolute Gasteiger partial charge is 0.490 e. The number of anilines is 1. The topological polar surface area (TPSA) is 109 Å². The molecule has 2 saturated heterocycles. The van der Waals surface area contributed by atoms with E-state index in [1.807, 2.05) is 46.9 Å². The Morgan fingerprint density at radius 1 is 1.15 bits per heavy atom. The molecule has 7 rings (SSSR count). The predicted molar refractivity (Wildman–Crippen MR) is 177 cm³/mol. The van der Waals surface area contributed by atoms with Crippen LogP contribution in [0.2, 0.25) is 0 Å². The van der Waals surface area contributed by atoms with E-state index in [1.165, 1.54) is 35.8 Å². The second kappa shape index (κ2) is 14.1. The van der Waals surface area contributed by atoms with Crippen molar-refractivity contribution in [1.82, 2.24) is 35.3 Å². The summed E-state index contributed by atoms with van der Waals surface area (Å²) in [5.74, 6) is 1.88. The van der Waals surface area contributed by atoms with Crippen LogP contribution in [0.25, 0.3) is 0 Å². The number of nitrogens with zero attached hydrogens (tertiary/aromatic N) is 7. The zero-order chi connectivity index (χ0) is 33.1. The van der Waals surface area contributed by atoms with Gasteiger partial charge in [0.2, 0.25) is 0 Å². The van der Waals surface area contributed by atoms with Gasteiger partial charge in [0.1, 0.15) is 29.7 Å². The van der Waals surface area contributed by atoms with E-state index in [4.69, 9.17) is 9.47 Å². The number of ether oxygens (including phenoxy) is 2. The molecule has 11 nitrogen and oxygen atoms in total. The normalized spacial score (nSPS) is 18.7. The van der Waals surface area contributed by atoms with Crippen LogP contribution < -0.4 is 19.7 Å². The van der Waals surface area contributed by atoms with Crippen molar-refractivity contribution in [3.63, 3.8) is 0 Å². The number of fused-ring (bicyclic) bond motifs is 1. The van der Waals surface area contributed by atoms with E-state index in [1.54, 1.807) is 4.90 Å². The fraction of sp³-hybridized carbons (Fsp3) is 0.571. The molecule has 1 amide bonds. The number of hydrogen-bond donors (Lipinski definition) is 1. The summed E-state index contributed by atoms with van der Waals surface area (Å²) in [5.41, 5.74) is 2.71. The maximum absolute atomic E-state index is 14.3. The molecule has 4 aliphatic rings. The number of amides is 1. The molecule has 0 atom stereocenters. The summed E-state index contributed by atoms with van der Waals surface area (Å²) in [6.07, 6.45) is 6.34. The molecule has 5 heterocycles. The number of hydrogen-bond acceptors (Lipinski definition) is 10. The molecule has 1 saturated carbocycles. The Bertz CT molecular complexity index is 1550. The highest BCUT2D eigenvalue weighted by molar-refractivity contribution is 5.97. The van der Waals surface area contributed by atoms with Crippen LogP contribution in [0.1, 0.15) is 69.1 Å². The first-order chi connectivity index (χ1) is 22.8. The Hall–Kier alpha value is -3.90. The molecule has 1 aromatic carbocycles. The Labute approximate surface area is 276 Å². The van der Waals surface area contributed by atoms with E-state index in [0.717, 1.165) is 76.7 Å². The SMILES string of the molecule is CC.CCN(C(=O)c1cc(F)ccc1Oc1nncnc1N1CC2(CC(Oc3ccnc4c3CN(CC3CNC3)CC4)C2)C1)C(C)C. The van der Waals surface area contributed by atoms with Crippen molar-refractivity contribution in [2.75, 3.05) is 50.7 Å². The number of carbonyl (C=O) groups excluding carboxylic acids is 1. The van der Waals surface area contributed by atoms with Gasteiger partial charge in [0.15, 0.2) is 5.82 Å². The molecule has 0 unspecified atom stereocenters. The first kappa shape index (κ1) is 33.0. The molecule has 3 fully saturated rings. The lowest BCUT2D eigenvalue weighted by Gasteiger charge is -2.58. The third kappa shape index (κ3) is 6.89. The van der Waals surface area contributed by atoms with Crippen molar-refractivity contribution in [1.29, 1.82) is 0 Å². The zero-order valence-electron chi connectivity index (χ0n) is 28.2. The van der Waals surface area contributed by atoms with Crippen molar-refractivity contribution >= 4 is 11.7 Å². The summed E-state index contributed by atoms with van der Waals surface area (Å²) in [6, 6.07) is 5.92. The minimum absolute atomic E-state index is 0.0479. The second-order valence-corrected chi connectivity index (χ2v) is 13.3. The highest BCUT2D eigenvalue weighted by atomic mass is 19.1. The molecule has 47 heavy (non-hydrogen) atoms. The summed E-state index contributed by atoms with van der Waals surface area (Å²) in [6.45, 7) is 17.1. The fourth-order valence-corrected chi connectivity index (χ4v) is 7.22. The highest BCUT2D eigenvalue weighted by Crippen LogP contribution is 2.52. The van der Waals surface area contributed by atoms with Gasteiger partial charge in [-0.3, -0.25) is 14.7 Å². The maximum atomic E-state index is 14.3. The quantitative estimate of drug-likeness (QED) is 0.333. The Balaban J connectivity index is 0.00000190. The van der Waals surface area contributed by atoms with Gasteiger partial charge in [0.25, 0.3) is 11.8 Å². The van der Waals surface area contributed by atoms with E-state index >= 15 is 0 Å². The van der Waals surface area contributed by atoms with Crippen LogP contribution >= 0.6 is 0 Å².